The van der Waals surface area contributed by atoms with Gasteiger partial charge in [0.05, 0.1) is 19.2 Å². The van der Waals surface area contributed by atoms with Gasteiger partial charge in [0.2, 0.25) is 0 Å². The lowest BCUT2D eigenvalue weighted by molar-refractivity contribution is 0.219. The minimum absolute atomic E-state index is 0.137. The first-order valence-corrected chi connectivity index (χ1v) is 8.63. The SMILES string of the molecule is [C-]#[N+]/C(C#N)=C1C=C(/C=C/c2ccc(N(C)c3ccccc3)cc2)OCC\1. The van der Waals surface area contributed by atoms with E-state index in [2.05, 4.69) is 34.0 Å². The highest BCUT2D eigenvalue weighted by Crippen LogP contribution is 2.24. The molecular formula is C23H19N3O. The van der Waals surface area contributed by atoms with Crippen molar-refractivity contribution < 1.29 is 4.74 Å². The number of ether oxygens (including phenoxy) is 1. The zero-order valence-corrected chi connectivity index (χ0v) is 15.1. The molecule has 0 bridgehead atoms. The maximum absolute atomic E-state index is 9.01. The zero-order valence-electron chi connectivity index (χ0n) is 15.1. The summed E-state index contributed by atoms with van der Waals surface area (Å²) in [7, 11) is 2.04. The summed E-state index contributed by atoms with van der Waals surface area (Å²) < 4.78 is 5.61. The number of rotatable bonds is 4. The Balaban J connectivity index is 1.74. The summed E-state index contributed by atoms with van der Waals surface area (Å²) in [6, 6.07) is 20.4. The molecule has 2 aromatic carbocycles. The maximum Gasteiger partial charge on any atom is 0.265 e. The van der Waals surface area contributed by atoms with Crippen molar-refractivity contribution in [1.29, 1.82) is 5.26 Å². The summed E-state index contributed by atoms with van der Waals surface area (Å²) in [5, 5.41) is 9.01. The second-order valence-electron chi connectivity index (χ2n) is 6.06. The Morgan fingerprint density at radius 3 is 2.48 bits per heavy atom. The number of anilines is 2. The summed E-state index contributed by atoms with van der Waals surface area (Å²) >= 11 is 0. The molecule has 0 fully saturated rings. The highest BCUT2D eigenvalue weighted by Gasteiger charge is 2.11. The topological polar surface area (TPSA) is 40.6 Å². The van der Waals surface area contributed by atoms with Crippen LogP contribution in [0.25, 0.3) is 10.9 Å². The normalized spacial score (nSPS) is 15.3. The molecule has 0 aliphatic carbocycles. The average Bonchev–Trinajstić information content (AvgIpc) is 2.74. The van der Waals surface area contributed by atoms with Gasteiger partial charge in [0.1, 0.15) is 5.76 Å². The molecule has 0 radical (unpaired) electrons. The van der Waals surface area contributed by atoms with Crippen LogP contribution < -0.4 is 4.90 Å². The summed E-state index contributed by atoms with van der Waals surface area (Å²) in [5.74, 6) is 0.665. The monoisotopic (exact) mass is 353 g/mol. The van der Waals surface area contributed by atoms with Gasteiger partial charge in [-0.05, 0) is 54.0 Å². The molecule has 0 amide bonds. The van der Waals surface area contributed by atoms with Crippen molar-refractivity contribution in [2.24, 2.45) is 0 Å². The summed E-state index contributed by atoms with van der Waals surface area (Å²) in [6.45, 7) is 7.55. The van der Waals surface area contributed by atoms with Crippen LogP contribution in [0.5, 0.6) is 0 Å². The van der Waals surface area contributed by atoms with Crippen LogP contribution in [0, 0.1) is 17.9 Å². The molecule has 0 N–H and O–H groups in total. The Morgan fingerprint density at radius 1 is 1.11 bits per heavy atom. The van der Waals surface area contributed by atoms with Crippen LogP contribution in [0.1, 0.15) is 12.0 Å². The lowest BCUT2D eigenvalue weighted by Crippen LogP contribution is -2.08. The molecule has 0 atom stereocenters. The van der Waals surface area contributed by atoms with E-state index in [1.165, 1.54) is 0 Å². The Kier molecular flexibility index (Phi) is 5.72. The van der Waals surface area contributed by atoms with Crippen molar-refractivity contribution in [2.75, 3.05) is 18.6 Å². The fourth-order valence-corrected chi connectivity index (χ4v) is 2.80. The van der Waals surface area contributed by atoms with Gasteiger partial charge in [0, 0.05) is 18.4 Å². The third-order valence-electron chi connectivity index (χ3n) is 4.34. The third-order valence-corrected chi connectivity index (χ3v) is 4.34. The highest BCUT2D eigenvalue weighted by atomic mass is 16.5. The van der Waals surface area contributed by atoms with Gasteiger partial charge in [-0.25, -0.2) is 10.1 Å². The van der Waals surface area contributed by atoms with Crippen molar-refractivity contribution in [3.05, 3.63) is 101 Å². The molecule has 132 valence electrons. The largest absolute Gasteiger partial charge is 0.493 e. The van der Waals surface area contributed by atoms with E-state index < -0.39 is 0 Å². The Bertz CT molecular complexity index is 955. The van der Waals surface area contributed by atoms with E-state index in [1.54, 1.807) is 6.08 Å². The van der Waals surface area contributed by atoms with E-state index in [0.717, 1.165) is 22.5 Å². The molecule has 0 spiro atoms. The smallest absolute Gasteiger partial charge is 0.265 e. The first kappa shape index (κ1) is 18.0. The minimum atomic E-state index is 0.137. The highest BCUT2D eigenvalue weighted by molar-refractivity contribution is 5.65. The standard InChI is InChI=1S/C23H19N3O/c1-25-23(17-24)19-14-15-27-22(16-19)13-10-18-8-11-21(12-9-18)26(2)20-6-4-3-5-7-20/h3-13,16H,14-15H2,2H3/b13-10+,23-19-. The predicted molar refractivity (Wildman–Crippen MR) is 108 cm³/mol. The lowest BCUT2D eigenvalue weighted by atomic mass is 10.1. The number of hydrogen-bond donors (Lipinski definition) is 0. The molecule has 4 nitrogen and oxygen atoms in total. The van der Waals surface area contributed by atoms with Gasteiger partial charge >= 0.3 is 0 Å². The van der Waals surface area contributed by atoms with Crippen molar-refractivity contribution in [3.8, 4) is 6.07 Å². The molecule has 1 heterocycles. The Hall–Kier alpha value is -3.76. The van der Waals surface area contributed by atoms with E-state index in [1.807, 2.05) is 55.6 Å². The van der Waals surface area contributed by atoms with Crippen molar-refractivity contribution in [2.45, 2.75) is 6.42 Å². The lowest BCUT2D eigenvalue weighted by Gasteiger charge is -2.19. The van der Waals surface area contributed by atoms with Crippen LogP contribution in [0.3, 0.4) is 0 Å². The van der Waals surface area contributed by atoms with Gasteiger partial charge in [-0.15, -0.1) is 0 Å². The predicted octanol–water partition coefficient (Wildman–Crippen LogP) is 5.47. The van der Waals surface area contributed by atoms with Gasteiger partial charge in [0.15, 0.2) is 0 Å². The van der Waals surface area contributed by atoms with Gasteiger partial charge in [0.25, 0.3) is 5.70 Å². The fraction of sp³-hybridized carbons (Fsp3) is 0.130. The van der Waals surface area contributed by atoms with Gasteiger partial charge in [-0.3, -0.25) is 0 Å². The van der Waals surface area contributed by atoms with E-state index in [4.69, 9.17) is 16.6 Å². The molecule has 3 rings (SSSR count). The van der Waals surface area contributed by atoms with E-state index in [-0.39, 0.29) is 5.70 Å². The van der Waals surface area contributed by atoms with Crippen molar-refractivity contribution in [1.82, 2.24) is 0 Å². The summed E-state index contributed by atoms with van der Waals surface area (Å²) in [4.78, 5) is 5.40. The van der Waals surface area contributed by atoms with Gasteiger partial charge in [-0.2, -0.15) is 0 Å². The summed E-state index contributed by atoms with van der Waals surface area (Å²) in [6.07, 6.45) is 6.19. The number of benzene rings is 2. The van der Waals surface area contributed by atoms with Crippen molar-refractivity contribution in [3.63, 3.8) is 0 Å². The average molecular weight is 353 g/mol. The first-order valence-electron chi connectivity index (χ1n) is 8.63. The quantitative estimate of drug-likeness (QED) is 0.541. The van der Waals surface area contributed by atoms with Gasteiger partial charge in [-0.1, -0.05) is 36.4 Å². The molecule has 1 aliphatic heterocycles. The van der Waals surface area contributed by atoms with Crippen LogP contribution in [-0.2, 0) is 4.74 Å². The molecule has 0 saturated carbocycles. The van der Waals surface area contributed by atoms with E-state index >= 15 is 0 Å². The molecule has 4 heteroatoms. The minimum Gasteiger partial charge on any atom is -0.493 e. The Labute approximate surface area is 159 Å². The molecule has 2 aromatic rings. The molecular weight excluding hydrogens is 334 g/mol. The molecule has 27 heavy (non-hydrogen) atoms. The van der Waals surface area contributed by atoms with E-state index in [9.17, 15) is 0 Å². The molecule has 0 saturated heterocycles. The second-order valence-corrected chi connectivity index (χ2v) is 6.06. The molecule has 0 aromatic heterocycles. The number of nitriles is 1. The number of nitrogens with zero attached hydrogens (tertiary/aromatic N) is 3. The van der Waals surface area contributed by atoms with E-state index in [0.29, 0.717) is 18.8 Å². The molecule has 0 unspecified atom stereocenters. The van der Waals surface area contributed by atoms with Crippen LogP contribution >= 0.6 is 0 Å². The van der Waals surface area contributed by atoms with Crippen LogP contribution in [0.15, 0.2) is 83.8 Å². The fourth-order valence-electron chi connectivity index (χ4n) is 2.80. The number of allylic oxidation sites excluding steroid dienone is 3. The summed E-state index contributed by atoms with van der Waals surface area (Å²) in [5.41, 5.74) is 4.16. The maximum atomic E-state index is 9.01. The number of hydrogen-bond acceptors (Lipinski definition) is 3. The van der Waals surface area contributed by atoms with Crippen molar-refractivity contribution >= 4 is 17.5 Å². The van der Waals surface area contributed by atoms with Crippen LogP contribution in [0.2, 0.25) is 0 Å². The molecule has 1 aliphatic rings. The van der Waals surface area contributed by atoms with Crippen LogP contribution in [0.4, 0.5) is 11.4 Å². The second kappa shape index (κ2) is 8.56. The zero-order chi connectivity index (χ0) is 19.1. The number of para-hydroxylation sites is 1. The third kappa shape index (κ3) is 4.45. The first-order chi connectivity index (χ1) is 13.2. The van der Waals surface area contributed by atoms with Crippen LogP contribution in [-0.4, -0.2) is 13.7 Å². The Morgan fingerprint density at radius 2 is 1.81 bits per heavy atom. The van der Waals surface area contributed by atoms with Gasteiger partial charge < -0.3 is 9.64 Å².